The topological polar surface area (TPSA) is 15.3 Å². The van der Waals surface area contributed by atoms with Crippen LogP contribution in [0.1, 0.15) is 33.6 Å². The van der Waals surface area contributed by atoms with Gasteiger partial charge in [0.05, 0.1) is 0 Å². The van der Waals surface area contributed by atoms with Crippen LogP contribution in [0, 0.1) is 0 Å². The summed E-state index contributed by atoms with van der Waals surface area (Å²) in [5.74, 6) is 0. The molecule has 0 aliphatic carbocycles. The van der Waals surface area contributed by atoms with Crippen LogP contribution in [0.4, 0.5) is 13.2 Å². The van der Waals surface area contributed by atoms with Crippen molar-refractivity contribution in [3.8, 4) is 0 Å². The Morgan fingerprint density at radius 2 is 2.00 bits per heavy atom. The molecule has 0 saturated carbocycles. The van der Waals surface area contributed by atoms with Crippen LogP contribution in [0.3, 0.4) is 0 Å². The molecule has 0 aromatic rings. The summed E-state index contributed by atoms with van der Waals surface area (Å²) in [6.07, 6.45) is -4.51. The predicted octanol–water partition coefficient (Wildman–Crippen LogP) is 2.40. The van der Waals surface area contributed by atoms with Crippen LogP contribution in [0.15, 0.2) is 0 Å². The lowest BCUT2D eigenvalue weighted by Gasteiger charge is -2.45. The standard InChI is InChI=1S/C11H21F3N2/c1-9-7-16(10(2,3)8-15-9)6-4-5-11(12,13)14/h9,15H,4-8H2,1-3H3. The molecule has 1 fully saturated rings. The third-order valence-electron chi connectivity index (χ3n) is 3.12. The second-order valence-corrected chi connectivity index (χ2v) is 5.26. The van der Waals surface area contributed by atoms with Gasteiger partial charge < -0.3 is 5.32 Å². The molecular formula is C11H21F3N2. The molecule has 0 aromatic heterocycles. The number of nitrogens with zero attached hydrogens (tertiary/aromatic N) is 1. The molecule has 16 heavy (non-hydrogen) atoms. The van der Waals surface area contributed by atoms with Crippen molar-refractivity contribution in [2.24, 2.45) is 0 Å². The van der Waals surface area contributed by atoms with E-state index in [1.165, 1.54) is 0 Å². The highest BCUT2D eigenvalue weighted by Gasteiger charge is 2.33. The van der Waals surface area contributed by atoms with Gasteiger partial charge in [-0.3, -0.25) is 4.90 Å². The summed E-state index contributed by atoms with van der Waals surface area (Å²) in [6.45, 7) is 8.38. The molecule has 1 heterocycles. The molecular weight excluding hydrogens is 217 g/mol. The Hall–Kier alpha value is -0.290. The molecule has 0 radical (unpaired) electrons. The molecule has 0 spiro atoms. The zero-order valence-corrected chi connectivity index (χ0v) is 10.2. The second-order valence-electron chi connectivity index (χ2n) is 5.26. The number of rotatable bonds is 3. The van der Waals surface area contributed by atoms with E-state index in [0.29, 0.717) is 12.6 Å². The molecule has 1 rings (SSSR count). The van der Waals surface area contributed by atoms with Crippen molar-refractivity contribution in [1.29, 1.82) is 0 Å². The van der Waals surface area contributed by atoms with Gasteiger partial charge in [0.2, 0.25) is 0 Å². The molecule has 96 valence electrons. The fourth-order valence-corrected chi connectivity index (χ4v) is 2.04. The van der Waals surface area contributed by atoms with Gasteiger partial charge in [0.1, 0.15) is 0 Å². The van der Waals surface area contributed by atoms with Crippen LogP contribution in [0.5, 0.6) is 0 Å². The number of nitrogens with one attached hydrogen (secondary N) is 1. The van der Waals surface area contributed by atoms with Crippen molar-refractivity contribution in [2.75, 3.05) is 19.6 Å². The van der Waals surface area contributed by atoms with Crippen molar-refractivity contribution in [3.63, 3.8) is 0 Å². The quantitative estimate of drug-likeness (QED) is 0.812. The Morgan fingerprint density at radius 1 is 1.38 bits per heavy atom. The number of piperazine rings is 1. The van der Waals surface area contributed by atoms with E-state index < -0.39 is 12.6 Å². The molecule has 2 nitrogen and oxygen atoms in total. The van der Waals surface area contributed by atoms with E-state index in [1.807, 2.05) is 0 Å². The largest absolute Gasteiger partial charge is 0.389 e. The first kappa shape index (κ1) is 13.8. The van der Waals surface area contributed by atoms with Gasteiger partial charge in [-0.15, -0.1) is 0 Å². The Kier molecular flexibility index (Phi) is 4.23. The highest BCUT2D eigenvalue weighted by atomic mass is 19.4. The van der Waals surface area contributed by atoms with E-state index in [0.717, 1.165) is 13.1 Å². The SMILES string of the molecule is CC1CN(CCCC(F)(F)F)C(C)(C)CN1. The van der Waals surface area contributed by atoms with E-state index in [4.69, 9.17) is 0 Å². The third-order valence-corrected chi connectivity index (χ3v) is 3.12. The minimum atomic E-state index is -4.02. The average Bonchev–Trinajstić information content (AvgIpc) is 2.09. The number of hydrogen-bond acceptors (Lipinski definition) is 2. The summed E-state index contributed by atoms with van der Waals surface area (Å²) in [5, 5.41) is 3.34. The number of alkyl halides is 3. The van der Waals surface area contributed by atoms with Crippen LogP contribution in [-0.2, 0) is 0 Å². The highest BCUT2D eigenvalue weighted by Crippen LogP contribution is 2.24. The monoisotopic (exact) mass is 238 g/mol. The van der Waals surface area contributed by atoms with Gasteiger partial charge >= 0.3 is 6.18 Å². The number of halogens is 3. The Bertz CT molecular complexity index is 226. The lowest BCUT2D eigenvalue weighted by Crippen LogP contribution is -2.61. The van der Waals surface area contributed by atoms with E-state index in [9.17, 15) is 13.2 Å². The van der Waals surface area contributed by atoms with Crippen LogP contribution in [0.25, 0.3) is 0 Å². The number of hydrogen-bond donors (Lipinski definition) is 1. The van der Waals surface area contributed by atoms with Crippen molar-refractivity contribution in [2.45, 2.75) is 51.4 Å². The summed E-state index contributed by atoms with van der Waals surface area (Å²) >= 11 is 0. The first-order valence-corrected chi connectivity index (χ1v) is 5.76. The summed E-state index contributed by atoms with van der Waals surface area (Å²) in [7, 11) is 0. The second kappa shape index (κ2) is 4.92. The zero-order chi connectivity index (χ0) is 12.4. The Balaban J connectivity index is 2.39. The highest BCUT2D eigenvalue weighted by molar-refractivity contribution is 4.91. The fraction of sp³-hybridized carbons (Fsp3) is 1.00. The molecule has 0 aromatic carbocycles. The molecule has 1 aliphatic heterocycles. The normalized spacial score (nSPS) is 27.0. The molecule has 1 aliphatic rings. The van der Waals surface area contributed by atoms with Gasteiger partial charge in [-0.2, -0.15) is 13.2 Å². The maximum atomic E-state index is 12.0. The minimum absolute atomic E-state index is 0.0435. The van der Waals surface area contributed by atoms with Crippen LogP contribution in [0.2, 0.25) is 0 Å². The molecule has 1 saturated heterocycles. The van der Waals surface area contributed by atoms with Gasteiger partial charge in [-0.1, -0.05) is 0 Å². The van der Waals surface area contributed by atoms with Gasteiger partial charge in [0.25, 0.3) is 0 Å². The fourth-order valence-electron chi connectivity index (χ4n) is 2.04. The van der Waals surface area contributed by atoms with Gasteiger partial charge in [-0.25, -0.2) is 0 Å². The maximum absolute atomic E-state index is 12.0. The maximum Gasteiger partial charge on any atom is 0.389 e. The summed E-state index contributed by atoms with van der Waals surface area (Å²) in [5.41, 5.74) is -0.0435. The predicted molar refractivity (Wildman–Crippen MR) is 58.4 cm³/mol. The van der Waals surface area contributed by atoms with E-state index in [-0.39, 0.29) is 12.0 Å². The van der Waals surface area contributed by atoms with Crippen LogP contribution in [-0.4, -0.2) is 42.3 Å². The Morgan fingerprint density at radius 3 is 2.56 bits per heavy atom. The molecule has 1 unspecified atom stereocenters. The molecule has 5 heteroatoms. The van der Waals surface area contributed by atoms with Crippen molar-refractivity contribution >= 4 is 0 Å². The third kappa shape index (κ3) is 4.29. The molecule has 1 atom stereocenters. The molecule has 0 bridgehead atoms. The van der Waals surface area contributed by atoms with Gasteiger partial charge in [-0.05, 0) is 33.7 Å². The van der Waals surface area contributed by atoms with Crippen LogP contribution < -0.4 is 5.32 Å². The molecule has 1 N–H and O–H groups in total. The smallest absolute Gasteiger partial charge is 0.311 e. The minimum Gasteiger partial charge on any atom is -0.311 e. The summed E-state index contributed by atoms with van der Waals surface area (Å²) in [4.78, 5) is 2.15. The Labute approximate surface area is 95.2 Å². The van der Waals surface area contributed by atoms with Crippen LogP contribution >= 0.6 is 0 Å². The van der Waals surface area contributed by atoms with Gasteiger partial charge in [0.15, 0.2) is 0 Å². The lowest BCUT2D eigenvalue weighted by atomic mass is 9.97. The van der Waals surface area contributed by atoms with Crippen molar-refractivity contribution < 1.29 is 13.2 Å². The van der Waals surface area contributed by atoms with E-state index >= 15 is 0 Å². The molecule has 0 amide bonds. The van der Waals surface area contributed by atoms with E-state index in [1.54, 1.807) is 0 Å². The lowest BCUT2D eigenvalue weighted by molar-refractivity contribution is -0.137. The van der Waals surface area contributed by atoms with Crippen molar-refractivity contribution in [1.82, 2.24) is 10.2 Å². The first-order chi connectivity index (χ1) is 7.21. The van der Waals surface area contributed by atoms with Gasteiger partial charge in [0, 0.05) is 31.1 Å². The zero-order valence-electron chi connectivity index (χ0n) is 10.2. The average molecular weight is 238 g/mol. The summed E-state index contributed by atoms with van der Waals surface area (Å²) < 4.78 is 36.1. The summed E-state index contributed by atoms with van der Waals surface area (Å²) in [6, 6.07) is 0.360. The van der Waals surface area contributed by atoms with Crippen molar-refractivity contribution in [3.05, 3.63) is 0 Å². The van der Waals surface area contributed by atoms with E-state index in [2.05, 4.69) is 31.0 Å². The first-order valence-electron chi connectivity index (χ1n) is 5.76.